The predicted molar refractivity (Wildman–Crippen MR) is 71.4 cm³/mol. The molecule has 1 rings (SSSR count). The molecular formula is C14H19NO4. The van der Waals surface area contributed by atoms with Gasteiger partial charge in [0.25, 0.3) is 0 Å². The van der Waals surface area contributed by atoms with Crippen molar-refractivity contribution in [3.63, 3.8) is 0 Å². The Balaban J connectivity index is 2.40. The lowest BCUT2D eigenvalue weighted by Crippen LogP contribution is -2.27. The maximum absolute atomic E-state index is 11.7. The van der Waals surface area contributed by atoms with Crippen LogP contribution in [0.4, 0.5) is 0 Å². The van der Waals surface area contributed by atoms with Gasteiger partial charge in [0.1, 0.15) is 11.5 Å². The highest BCUT2D eigenvalue weighted by Crippen LogP contribution is 2.08. The molecule has 1 amide bonds. The second-order valence-electron chi connectivity index (χ2n) is 4.10. The van der Waals surface area contributed by atoms with Gasteiger partial charge in [-0.1, -0.05) is 0 Å². The average Bonchev–Trinajstić information content (AvgIpc) is 2.79. The SMILES string of the molecule is CCOC(=O)CCN(C)C(=O)C=Cc1ccc(C)o1. The first-order valence-electron chi connectivity index (χ1n) is 6.18. The van der Waals surface area contributed by atoms with Gasteiger partial charge in [0.2, 0.25) is 5.91 Å². The normalized spacial score (nSPS) is 10.7. The van der Waals surface area contributed by atoms with E-state index in [2.05, 4.69) is 0 Å². The molecule has 5 heteroatoms. The van der Waals surface area contributed by atoms with Crippen molar-refractivity contribution in [2.45, 2.75) is 20.3 Å². The first kappa shape index (κ1) is 15.0. The number of ether oxygens (including phenoxy) is 1. The van der Waals surface area contributed by atoms with Gasteiger partial charge in [-0.2, -0.15) is 0 Å². The topological polar surface area (TPSA) is 59.8 Å². The molecule has 104 valence electrons. The fourth-order valence-electron chi connectivity index (χ4n) is 1.43. The van der Waals surface area contributed by atoms with E-state index in [1.54, 1.807) is 26.1 Å². The summed E-state index contributed by atoms with van der Waals surface area (Å²) in [6.07, 6.45) is 3.23. The van der Waals surface area contributed by atoms with E-state index in [4.69, 9.17) is 9.15 Å². The first-order valence-corrected chi connectivity index (χ1v) is 6.18. The number of carbonyl (C=O) groups excluding carboxylic acids is 2. The van der Waals surface area contributed by atoms with Gasteiger partial charge in [0.15, 0.2) is 0 Å². The summed E-state index contributed by atoms with van der Waals surface area (Å²) in [5.74, 6) is 0.943. The fourth-order valence-corrected chi connectivity index (χ4v) is 1.43. The lowest BCUT2D eigenvalue weighted by Gasteiger charge is -2.14. The Morgan fingerprint density at radius 1 is 1.42 bits per heavy atom. The van der Waals surface area contributed by atoms with Crippen LogP contribution >= 0.6 is 0 Å². The summed E-state index contributed by atoms with van der Waals surface area (Å²) in [4.78, 5) is 24.4. The molecule has 0 aliphatic carbocycles. The Morgan fingerprint density at radius 2 is 2.16 bits per heavy atom. The largest absolute Gasteiger partial charge is 0.466 e. The Morgan fingerprint density at radius 3 is 2.74 bits per heavy atom. The van der Waals surface area contributed by atoms with E-state index < -0.39 is 0 Å². The molecule has 0 bridgehead atoms. The Bertz CT molecular complexity index is 462. The van der Waals surface area contributed by atoms with Crippen molar-refractivity contribution in [2.75, 3.05) is 20.2 Å². The number of amides is 1. The van der Waals surface area contributed by atoms with E-state index in [-0.39, 0.29) is 18.3 Å². The van der Waals surface area contributed by atoms with Crippen LogP contribution in [0.25, 0.3) is 6.08 Å². The minimum absolute atomic E-state index is 0.182. The Labute approximate surface area is 112 Å². The van der Waals surface area contributed by atoms with Crippen LogP contribution in [-0.4, -0.2) is 37.0 Å². The molecule has 0 atom stereocenters. The van der Waals surface area contributed by atoms with Crippen molar-refractivity contribution >= 4 is 18.0 Å². The first-order chi connectivity index (χ1) is 9.02. The third-order valence-corrected chi connectivity index (χ3v) is 2.48. The molecule has 0 unspecified atom stereocenters. The molecule has 0 aliphatic rings. The fraction of sp³-hybridized carbons (Fsp3) is 0.429. The van der Waals surface area contributed by atoms with Crippen LogP contribution in [0.1, 0.15) is 24.9 Å². The second-order valence-corrected chi connectivity index (χ2v) is 4.10. The third kappa shape index (κ3) is 5.42. The van der Waals surface area contributed by atoms with Crippen molar-refractivity contribution in [3.05, 3.63) is 29.7 Å². The number of rotatable bonds is 6. The van der Waals surface area contributed by atoms with Gasteiger partial charge in [-0.05, 0) is 32.1 Å². The maximum Gasteiger partial charge on any atom is 0.307 e. The predicted octanol–water partition coefficient (Wildman–Crippen LogP) is 2.01. The Hall–Kier alpha value is -2.04. The van der Waals surface area contributed by atoms with Crippen molar-refractivity contribution in [2.24, 2.45) is 0 Å². The van der Waals surface area contributed by atoms with Crippen LogP contribution in [0.3, 0.4) is 0 Å². The molecule has 0 fully saturated rings. The summed E-state index contributed by atoms with van der Waals surface area (Å²) < 4.78 is 10.1. The van der Waals surface area contributed by atoms with Gasteiger partial charge < -0.3 is 14.1 Å². The lowest BCUT2D eigenvalue weighted by atomic mass is 10.3. The summed E-state index contributed by atoms with van der Waals surface area (Å²) >= 11 is 0. The molecule has 0 spiro atoms. The number of hydrogen-bond donors (Lipinski definition) is 0. The van der Waals surface area contributed by atoms with Gasteiger partial charge in [0.05, 0.1) is 13.0 Å². The van der Waals surface area contributed by atoms with Gasteiger partial charge in [0, 0.05) is 19.7 Å². The van der Waals surface area contributed by atoms with Crippen molar-refractivity contribution in [1.29, 1.82) is 0 Å². The van der Waals surface area contributed by atoms with E-state index in [9.17, 15) is 9.59 Å². The van der Waals surface area contributed by atoms with Crippen LogP contribution < -0.4 is 0 Å². The van der Waals surface area contributed by atoms with Crippen LogP contribution in [0.2, 0.25) is 0 Å². The summed E-state index contributed by atoms with van der Waals surface area (Å²) in [5, 5.41) is 0. The van der Waals surface area contributed by atoms with E-state index in [1.165, 1.54) is 11.0 Å². The monoisotopic (exact) mass is 265 g/mol. The zero-order chi connectivity index (χ0) is 14.3. The highest BCUT2D eigenvalue weighted by atomic mass is 16.5. The number of esters is 1. The standard InChI is InChI=1S/C14H19NO4/c1-4-18-14(17)9-10-15(3)13(16)8-7-12-6-5-11(2)19-12/h5-8H,4,9-10H2,1-3H3. The third-order valence-electron chi connectivity index (χ3n) is 2.48. The summed E-state index contributed by atoms with van der Waals surface area (Å²) in [5.41, 5.74) is 0. The van der Waals surface area contributed by atoms with Crippen LogP contribution in [0, 0.1) is 6.92 Å². The number of hydrogen-bond acceptors (Lipinski definition) is 4. The second kappa shape index (κ2) is 7.41. The minimum Gasteiger partial charge on any atom is -0.466 e. The molecular weight excluding hydrogens is 246 g/mol. The quantitative estimate of drug-likeness (QED) is 0.583. The van der Waals surface area contributed by atoms with Crippen molar-refractivity contribution in [1.82, 2.24) is 4.90 Å². The molecule has 0 aromatic carbocycles. The smallest absolute Gasteiger partial charge is 0.307 e. The van der Waals surface area contributed by atoms with Gasteiger partial charge in [-0.15, -0.1) is 0 Å². The number of carbonyl (C=O) groups is 2. The molecule has 1 heterocycles. The molecule has 0 N–H and O–H groups in total. The van der Waals surface area contributed by atoms with E-state index in [0.717, 1.165) is 5.76 Å². The van der Waals surface area contributed by atoms with Crippen molar-refractivity contribution in [3.8, 4) is 0 Å². The minimum atomic E-state index is -0.298. The number of furan rings is 1. The molecule has 1 aromatic heterocycles. The summed E-state index contributed by atoms with van der Waals surface area (Å²) in [7, 11) is 1.64. The van der Waals surface area contributed by atoms with Crippen LogP contribution in [0.5, 0.6) is 0 Å². The van der Waals surface area contributed by atoms with Gasteiger partial charge in [-0.3, -0.25) is 9.59 Å². The maximum atomic E-state index is 11.7. The summed E-state index contributed by atoms with van der Waals surface area (Å²) in [6, 6.07) is 3.62. The van der Waals surface area contributed by atoms with Crippen LogP contribution in [0.15, 0.2) is 22.6 Å². The highest BCUT2D eigenvalue weighted by molar-refractivity contribution is 5.91. The molecule has 5 nitrogen and oxygen atoms in total. The molecule has 1 aromatic rings. The number of aryl methyl sites for hydroxylation is 1. The van der Waals surface area contributed by atoms with E-state index in [0.29, 0.717) is 18.9 Å². The zero-order valence-electron chi connectivity index (χ0n) is 11.5. The average molecular weight is 265 g/mol. The lowest BCUT2D eigenvalue weighted by molar-refractivity contribution is -0.143. The van der Waals surface area contributed by atoms with E-state index >= 15 is 0 Å². The molecule has 0 saturated heterocycles. The van der Waals surface area contributed by atoms with Crippen LogP contribution in [-0.2, 0) is 14.3 Å². The molecule has 0 saturated carbocycles. The highest BCUT2D eigenvalue weighted by Gasteiger charge is 2.08. The number of nitrogens with zero attached hydrogens (tertiary/aromatic N) is 1. The summed E-state index contributed by atoms with van der Waals surface area (Å²) in [6.45, 7) is 4.28. The van der Waals surface area contributed by atoms with Gasteiger partial charge in [-0.25, -0.2) is 0 Å². The molecule has 0 radical (unpaired) electrons. The van der Waals surface area contributed by atoms with E-state index in [1.807, 2.05) is 13.0 Å². The molecule has 19 heavy (non-hydrogen) atoms. The Kier molecular flexibility index (Phi) is 5.85. The van der Waals surface area contributed by atoms with Crippen molar-refractivity contribution < 1.29 is 18.7 Å². The molecule has 0 aliphatic heterocycles. The number of likely N-dealkylation sites (N-methyl/N-ethyl adjacent to an activating group) is 1. The van der Waals surface area contributed by atoms with Gasteiger partial charge >= 0.3 is 5.97 Å². The zero-order valence-corrected chi connectivity index (χ0v) is 11.5.